The van der Waals surface area contributed by atoms with Gasteiger partial charge in [-0.15, -0.1) is 11.3 Å². The van der Waals surface area contributed by atoms with Crippen LogP contribution in [0.3, 0.4) is 0 Å². The van der Waals surface area contributed by atoms with Crippen LogP contribution < -0.4 is 0 Å². The van der Waals surface area contributed by atoms with Gasteiger partial charge >= 0.3 is 0 Å². The minimum absolute atomic E-state index is 0.0762. The highest BCUT2D eigenvalue weighted by molar-refractivity contribution is 7.07. The minimum atomic E-state index is -0.367. The van der Waals surface area contributed by atoms with Crippen molar-refractivity contribution in [2.24, 2.45) is 0 Å². The number of aromatic nitrogens is 1. The molecule has 0 aliphatic carbocycles. The monoisotopic (exact) mass is 265 g/mol. The smallest absolute Gasteiger partial charge is 0.246 e. The fraction of sp³-hybridized carbons (Fsp3) is 0.583. The van der Waals surface area contributed by atoms with Gasteiger partial charge in [-0.2, -0.15) is 0 Å². The summed E-state index contributed by atoms with van der Waals surface area (Å²) in [5, 5.41) is 1.92. The molecule has 3 rings (SSSR count). The van der Waals surface area contributed by atoms with Crippen LogP contribution in [0.1, 0.15) is 25.5 Å². The topological polar surface area (TPSA) is 53.5 Å². The molecule has 18 heavy (non-hydrogen) atoms. The first-order chi connectivity index (χ1) is 8.68. The van der Waals surface area contributed by atoms with Gasteiger partial charge in [0.15, 0.2) is 0 Å². The molecule has 0 bridgehead atoms. The van der Waals surface area contributed by atoms with Crippen LogP contribution in [-0.2, 0) is 16.1 Å². The zero-order valence-electron chi connectivity index (χ0n) is 10.2. The number of hydrogen-bond acceptors (Lipinski definition) is 4. The summed E-state index contributed by atoms with van der Waals surface area (Å²) in [6, 6.07) is -0.596. The van der Waals surface area contributed by atoms with Crippen molar-refractivity contribution in [2.45, 2.75) is 38.4 Å². The first-order valence-corrected chi connectivity index (χ1v) is 7.11. The predicted octanol–water partition coefficient (Wildman–Crippen LogP) is 0.865. The van der Waals surface area contributed by atoms with Crippen LogP contribution in [0.4, 0.5) is 0 Å². The standard InChI is InChI=1S/C12H15N3O2S/c1-8-11(16)14-4-2-3-10(14)12(17)15(8)5-9-6-18-7-13-9/h6-8,10H,2-5H2,1H3. The number of fused-ring (bicyclic) bond motifs is 1. The summed E-state index contributed by atoms with van der Waals surface area (Å²) in [5.41, 5.74) is 2.61. The highest BCUT2D eigenvalue weighted by Crippen LogP contribution is 2.27. The Kier molecular flexibility index (Phi) is 2.81. The summed E-state index contributed by atoms with van der Waals surface area (Å²) in [6.07, 6.45) is 1.73. The van der Waals surface area contributed by atoms with Crippen LogP contribution in [0.5, 0.6) is 0 Å². The molecule has 0 radical (unpaired) electrons. The predicted molar refractivity (Wildman–Crippen MR) is 66.9 cm³/mol. The van der Waals surface area contributed by atoms with Crippen LogP contribution in [-0.4, -0.2) is 45.2 Å². The van der Waals surface area contributed by atoms with Crippen molar-refractivity contribution in [1.29, 1.82) is 0 Å². The summed E-state index contributed by atoms with van der Waals surface area (Å²) >= 11 is 1.51. The average Bonchev–Trinajstić information content (AvgIpc) is 3.02. The lowest BCUT2D eigenvalue weighted by Crippen LogP contribution is -2.61. The maximum absolute atomic E-state index is 12.4. The molecule has 2 aliphatic heterocycles. The van der Waals surface area contributed by atoms with Crippen molar-refractivity contribution in [3.05, 3.63) is 16.6 Å². The second-order valence-corrected chi connectivity index (χ2v) is 5.53. The molecule has 96 valence electrons. The molecule has 0 aromatic carbocycles. The first-order valence-electron chi connectivity index (χ1n) is 6.16. The minimum Gasteiger partial charge on any atom is -0.329 e. The van der Waals surface area contributed by atoms with Crippen LogP contribution >= 0.6 is 11.3 Å². The Morgan fingerprint density at radius 3 is 3.00 bits per heavy atom. The fourth-order valence-corrected chi connectivity index (χ4v) is 3.30. The van der Waals surface area contributed by atoms with Gasteiger partial charge < -0.3 is 9.80 Å². The van der Waals surface area contributed by atoms with E-state index >= 15 is 0 Å². The molecule has 1 aromatic rings. The maximum Gasteiger partial charge on any atom is 0.246 e. The van der Waals surface area contributed by atoms with Gasteiger partial charge in [-0.25, -0.2) is 4.98 Å². The average molecular weight is 265 g/mol. The number of piperazine rings is 1. The lowest BCUT2D eigenvalue weighted by molar-refractivity contribution is -0.159. The zero-order chi connectivity index (χ0) is 12.7. The summed E-state index contributed by atoms with van der Waals surface area (Å²) in [7, 11) is 0. The summed E-state index contributed by atoms with van der Waals surface area (Å²) in [4.78, 5) is 32.2. The largest absolute Gasteiger partial charge is 0.329 e. The van der Waals surface area contributed by atoms with E-state index in [9.17, 15) is 9.59 Å². The Balaban J connectivity index is 1.84. The number of rotatable bonds is 2. The number of amides is 2. The van der Waals surface area contributed by atoms with Gasteiger partial charge in [-0.3, -0.25) is 9.59 Å². The van der Waals surface area contributed by atoms with E-state index in [0.717, 1.165) is 25.1 Å². The van der Waals surface area contributed by atoms with E-state index in [2.05, 4.69) is 4.98 Å². The SMILES string of the molecule is CC1C(=O)N2CCCC2C(=O)N1Cc1cscn1. The van der Waals surface area contributed by atoms with Gasteiger partial charge in [0, 0.05) is 11.9 Å². The normalized spacial score (nSPS) is 27.8. The number of carbonyl (C=O) groups excluding carboxylic acids is 2. The number of thiazole rings is 1. The molecule has 0 saturated carbocycles. The molecule has 2 saturated heterocycles. The Labute approximate surface area is 109 Å². The van der Waals surface area contributed by atoms with Gasteiger partial charge in [0.1, 0.15) is 12.1 Å². The third-order valence-electron chi connectivity index (χ3n) is 3.74. The molecule has 0 N–H and O–H groups in total. The van der Waals surface area contributed by atoms with Crippen molar-refractivity contribution >= 4 is 23.2 Å². The van der Waals surface area contributed by atoms with Crippen molar-refractivity contribution in [1.82, 2.24) is 14.8 Å². The summed E-state index contributed by atoms with van der Waals surface area (Å²) in [5.74, 6) is 0.153. The highest BCUT2D eigenvalue weighted by Gasteiger charge is 2.45. The lowest BCUT2D eigenvalue weighted by Gasteiger charge is -2.40. The Hall–Kier alpha value is -1.43. The third-order valence-corrected chi connectivity index (χ3v) is 4.38. The van der Waals surface area contributed by atoms with Crippen LogP contribution in [0, 0.1) is 0 Å². The Bertz CT molecular complexity index is 474. The number of nitrogens with zero attached hydrogens (tertiary/aromatic N) is 3. The molecule has 3 heterocycles. The van der Waals surface area contributed by atoms with E-state index in [1.807, 2.05) is 5.38 Å². The molecule has 2 aliphatic rings. The summed E-state index contributed by atoms with van der Waals surface area (Å²) < 4.78 is 0. The van der Waals surface area contributed by atoms with Gasteiger partial charge in [-0.1, -0.05) is 0 Å². The van der Waals surface area contributed by atoms with Gasteiger partial charge in [0.25, 0.3) is 0 Å². The van der Waals surface area contributed by atoms with E-state index in [-0.39, 0.29) is 23.9 Å². The molecular weight excluding hydrogens is 250 g/mol. The third kappa shape index (κ3) is 1.71. The lowest BCUT2D eigenvalue weighted by atomic mass is 10.1. The van der Waals surface area contributed by atoms with E-state index in [0.29, 0.717) is 6.54 Å². The van der Waals surface area contributed by atoms with E-state index < -0.39 is 0 Å². The Morgan fingerprint density at radius 1 is 1.44 bits per heavy atom. The van der Waals surface area contributed by atoms with Crippen LogP contribution in [0.25, 0.3) is 0 Å². The molecule has 2 atom stereocenters. The summed E-state index contributed by atoms with van der Waals surface area (Å²) in [6.45, 7) is 2.98. The second-order valence-electron chi connectivity index (χ2n) is 4.81. The van der Waals surface area contributed by atoms with Crippen molar-refractivity contribution < 1.29 is 9.59 Å². The van der Waals surface area contributed by atoms with Crippen LogP contribution in [0.2, 0.25) is 0 Å². The van der Waals surface area contributed by atoms with E-state index in [1.54, 1.807) is 22.2 Å². The van der Waals surface area contributed by atoms with Crippen molar-refractivity contribution in [2.75, 3.05) is 6.54 Å². The van der Waals surface area contributed by atoms with Crippen molar-refractivity contribution in [3.8, 4) is 0 Å². The van der Waals surface area contributed by atoms with E-state index in [4.69, 9.17) is 0 Å². The second kappa shape index (κ2) is 4.35. The zero-order valence-corrected chi connectivity index (χ0v) is 11.0. The molecule has 1 aromatic heterocycles. The first kappa shape index (κ1) is 11.6. The number of hydrogen-bond donors (Lipinski definition) is 0. The van der Waals surface area contributed by atoms with Gasteiger partial charge in [-0.05, 0) is 19.8 Å². The fourth-order valence-electron chi connectivity index (χ4n) is 2.75. The molecule has 2 unspecified atom stereocenters. The van der Waals surface area contributed by atoms with Gasteiger partial charge in [0.2, 0.25) is 11.8 Å². The Morgan fingerprint density at radius 2 is 2.28 bits per heavy atom. The maximum atomic E-state index is 12.4. The molecular formula is C12H15N3O2S. The molecule has 2 fully saturated rings. The molecule has 5 nitrogen and oxygen atoms in total. The quantitative estimate of drug-likeness (QED) is 0.797. The van der Waals surface area contributed by atoms with Crippen molar-refractivity contribution in [3.63, 3.8) is 0 Å². The molecule has 6 heteroatoms. The van der Waals surface area contributed by atoms with Crippen LogP contribution in [0.15, 0.2) is 10.9 Å². The molecule has 0 spiro atoms. The van der Waals surface area contributed by atoms with Gasteiger partial charge in [0.05, 0.1) is 17.7 Å². The number of carbonyl (C=O) groups is 2. The molecule has 2 amide bonds. The van der Waals surface area contributed by atoms with E-state index in [1.165, 1.54) is 11.3 Å². The highest BCUT2D eigenvalue weighted by atomic mass is 32.1.